The molecule has 1 aromatic heterocycles. The van der Waals surface area contributed by atoms with Crippen molar-refractivity contribution in [2.45, 2.75) is 25.0 Å². The van der Waals surface area contributed by atoms with Gasteiger partial charge in [-0.15, -0.1) is 0 Å². The molecule has 1 fully saturated rings. The maximum absolute atomic E-state index is 5.71. The molecular formula is C14H19N3O2. The average molecular weight is 261 g/mol. The lowest BCUT2D eigenvalue weighted by molar-refractivity contribution is -0.159. The van der Waals surface area contributed by atoms with Crippen LogP contribution in [-0.4, -0.2) is 43.1 Å². The van der Waals surface area contributed by atoms with Crippen LogP contribution in [0.3, 0.4) is 0 Å². The normalized spacial score (nSPS) is 21.5. The lowest BCUT2D eigenvalue weighted by Gasteiger charge is -2.30. The molecule has 0 N–H and O–H groups in total. The molecule has 2 aliphatic rings. The van der Waals surface area contributed by atoms with Gasteiger partial charge < -0.3 is 14.4 Å². The summed E-state index contributed by atoms with van der Waals surface area (Å²) in [6.07, 6.45) is 8.66. The van der Waals surface area contributed by atoms with Gasteiger partial charge in [-0.05, 0) is 12.0 Å². The molecule has 1 aliphatic carbocycles. The Hall–Kier alpha value is -1.46. The van der Waals surface area contributed by atoms with Crippen LogP contribution < -0.4 is 4.90 Å². The number of anilines is 1. The molecule has 1 aromatic rings. The summed E-state index contributed by atoms with van der Waals surface area (Å²) in [5, 5.41) is 0. The molecule has 0 bridgehead atoms. The van der Waals surface area contributed by atoms with Gasteiger partial charge in [0.15, 0.2) is 5.79 Å². The van der Waals surface area contributed by atoms with E-state index < -0.39 is 0 Å². The minimum absolute atomic E-state index is 0.353. The largest absolute Gasteiger partial charge is 0.347 e. The lowest BCUT2D eigenvalue weighted by Crippen LogP contribution is -2.31. The molecule has 5 heteroatoms. The van der Waals surface area contributed by atoms with Gasteiger partial charge in [0.2, 0.25) is 5.95 Å². The molecule has 1 spiro atoms. The van der Waals surface area contributed by atoms with Gasteiger partial charge >= 0.3 is 0 Å². The first kappa shape index (κ1) is 12.6. The van der Waals surface area contributed by atoms with Gasteiger partial charge in [0.1, 0.15) is 0 Å². The van der Waals surface area contributed by atoms with Crippen molar-refractivity contribution >= 4 is 11.5 Å². The van der Waals surface area contributed by atoms with E-state index in [1.165, 1.54) is 5.57 Å². The maximum Gasteiger partial charge on any atom is 0.224 e. The zero-order valence-corrected chi connectivity index (χ0v) is 11.4. The van der Waals surface area contributed by atoms with Crippen LogP contribution in [0.25, 0.3) is 5.57 Å². The third-order valence-electron chi connectivity index (χ3n) is 3.66. The SMILES string of the molecule is CN(C)c1ncc(C2=CCC3(CC2)OCCO3)cn1. The summed E-state index contributed by atoms with van der Waals surface area (Å²) in [6, 6.07) is 0. The Labute approximate surface area is 113 Å². The van der Waals surface area contributed by atoms with Crippen molar-refractivity contribution in [1.82, 2.24) is 9.97 Å². The summed E-state index contributed by atoms with van der Waals surface area (Å²) in [7, 11) is 3.88. The highest BCUT2D eigenvalue weighted by Crippen LogP contribution is 2.37. The maximum atomic E-state index is 5.71. The first-order valence-electron chi connectivity index (χ1n) is 6.65. The molecule has 0 unspecified atom stereocenters. The van der Waals surface area contributed by atoms with E-state index in [0.29, 0.717) is 13.2 Å². The Bertz CT molecular complexity index is 476. The zero-order valence-electron chi connectivity index (χ0n) is 11.4. The van der Waals surface area contributed by atoms with Crippen LogP contribution in [0.2, 0.25) is 0 Å². The van der Waals surface area contributed by atoms with E-state index in [1.807, 2.05) is 31.4 Å². The van der Waals surface area contributed by atoms with Crippen molar-refractivity contribution in [3.8, 4) is 0 Å². The van der Waals surface area contributed by atoms with Crippen molar-refractivity contribution in [3.05, 3.63) is 24.0 Å². The van der Waals surface area contributed by atoms with E-state index >= 15 is 0 Å². The fraction of sp³-hybridized carbons (Fsp3) is 0.571. The number of hydrogen-bond donors (Lipinski definition) is 0. The third kappa shape index (κ3) is 2.48. The molecule has 3 rings (SSSR count). The highest BCUT2D eigenvalue weighted by Gasteiger charge is 2.37. The van der Waals surface area contributed by atoms with Gasteiger partial charge in [0.25, 0.3) is 0 Å². The molecule has 5 nitrogen and oxygen atoms in total. The molecule has 0 amide bonds. The first-order chi connectivity index (χ1) is 9.19. The molecule has 0 atom stereocenters. The molecule has 1 saturated heterocycles. The van der Waals surface area contributed by atoms with Crippen molar-refractivity contribution in [3.63, 3.8) is 0 Å². The van der Waals surface area contributed by atoms with Crippen LogP contribution in [0.5, 0.6) is 0 Å². The van der Waals surface area contributed by atoms with Crippen LogP contribution in [0.4, 0.5) is 5.95 Å². The quantitative estimate of drug-likeness (QED) is 0.813. The number of ether oxygens (including phenoxy) is 2. The predicted octanol–water partition coefficient (Wildman–Crippen LogP) is 1.85. The van der Waals surface area contributed by atoms with Gasteiger partial charge in [-0.2, -0.15) is 0 Å². The van der Waals surface area contributed by atoms with Gasteiger partial charge in [0, 0.05) is 44.9 Å². The van der Waals surface area contributed by atoms with E-state index in [-0.39, 0.29) is 5.79 Å². The molecule has 19 heavy (non-hydrogen) atoms. The topological polar surface area (TPSA) is 47.5 Å². The van der Waals surface area contributed by atoms with Crippen LogP contribution >= 0.6 is 0 Å². The summed E-state index contributed by atoms with van der Waals surface area (Å²) in [6.45, 7) is 1.42. The minimum Gasteiger partial charge on any atom is -0.347 e. The predicted molar refractivity (Wildman–Crippen MR) is 72.8 cm³/mol. The van der Waals surface area contributed by atoms with Gasteiger partial charge in [-0.1, -0.05) is 6.08 Å². The van der Waals surface area contributed by atoms with Crippen LogP contribution in [0.15, 0.2) is 18.5 Å². The number of nitrogens with zero attached hydrogens (tertiary/aromatic N) is 3. The molecule has 102 valence electrons. The Morgan fingerprint density at radius 1 is 1.16 bits per heavy atom. The van der Waals surface area contributed by atoms with Crippen LogP contribution in [0.1, 0.15) is 24.8 Å². The summed E-state index contributed by atoms with van der Waals surface area (Å²) in [5.74, 6) is 0.382. The standard InChI is InChI=1S/C14H19N3O2/c1-17(2)13-15-9-12(10-16-13)11-3-5-14(6-4-11)18-7-8-19-14/h3,9-10H,4-8H2,1-2H3. The fourth-order valence-electron chi connectivity index (χ4n) is 2.55. The lowest BCUT2D eigenvalue weighted by atomic mass is 9.91. The van der Waals surface area contributed by atoms with E-state index in [0.717, 1.165) is 30.8 Å². The van der Waals surface area contributed by atoms with Crippen molar-refractivity contribution < 1.29 is 9.47 Å². The smallest absolute Gasteiger partial charge is 0.224 e. The Balaban J connectivity index is 1.74. The Morgan fingerprint density at radius 2 is 1.84 bits per heavy atom. The second kappa shape index (κ2) is 4.90. The molecule has 1 aliphatic heterocycles. The Morgan fingerprint density at radius 3 is 2.37 bits per heavy atom. The second-order valence-corrected chi connectivity index (χ2v) is 5.21. The molecule has 2 heterocycles. The molecule has 0 saturated carbocycles. The fourth-order valence-corrected chi connectivity index (χ4v) is 2.55. The number of rotatable bonds is 2. The third-order valence-corrected chi connectivity index (χ3v) is 3.66. The summed E-state index contributed by atoms with van der Waals surface area (Å²) in [4.78, 5) is 10.6. The van der Waals surface area contributed by atoms with E-state index in [4.69, 9.17) is 9.47 Å². The Kier molecular flexibility index (Phi) is 3.24. The molecule has 0 radical (unpaired) electrons. The van der Waals surface area contributed by atoms with Gasteiger partial charge in [0.05, 0.1) is 13.2 Å². The molecule has 0 aromatic carbocycles. The van der Waals surface area contributed by atoms with E-state index in [9.17, 15) is 0 Å². The van der Waals surface area contributed by atoms with Crippen LogP contribution in [0, 0.1) is 0 Å². The average Bonchev–Trinajstić information content (AvgIpc) is 2.88. The summed E-state index contributed by atoms with van der Waals surface area (Å²) < 4.78 is 11.4. The summed E-state index contributed by atoms with van der Waals surface area (Å²) in [5.41, 5.74) is 2.38. The highest BCUT2D eigenvalue weighted by molar-refractivity contribution is 5.65. The second-order valence-electron chi connectivity index (χ2n) is 5.21. The zero-order chi connectivity index (χ0) is 13.3. The molecular weight excluding hydrogens is 242 g/mol. The van der Waals surface area contributed by atoms with E-state index in [1.54, 1.807) is 0 Å². The first-order valence-corrected chi connectivity index (χ1v) is 6.65. The van der Waals surface area contributed by atoms with Gasteiger partial charge in [-0.3, -0.25) is 0 Å². The van der Waals surface area contributed by atoms with Crippen LogP contribution in [-0.2, 0) is 9.47 Å². The van der Waals surface area contributed by atoms with Crippen molar-refractivity contribution in [1.29, 1.82) is 0 Å². The number of hydrogen-bond acceptors (Lipinski definition) is 5. The number of aromatic nitrogens is 2. The minimum atomic E-state index is -0.353. The highest BCUT2D eigenvalue weighted by atomic mass is 16.7. The number of allylic oxidation sites excluding steroid dienone is 1. The van der Waals surface area contributed by atoms with Crippen molar-refractivity contribution in [2.24, 2.45) is 0 Å². The van der Waals surface area contributed by atoms with Gasteiger partial charge in [-0.25, -0.2) is 9.97 Å². The summed E-state index contributed by atoms with van der Waals surface area (Å²) >= 11 is 0. The van der Waals surface area contributed by atoms with Crippen molar-refractivity contribution in [2.75, 3.05) is 32.2 Å². The monoisotopic (exact) mass is 261 g/mol. The van der Waals surface area contributed by atoms with E-state index in [2.05, 4.69) is 16.0 Å².